The molecule has 0 bridgehead atoms. The minimum Gasteiger partial charge on any atom is -0.384 e. The summed E-state index contributed by atoms with van der Waals surface area (Å²) < 4.78 is 14.5. The fourth-order valence-corrected chi connectivity index (χ4v) is 2.99. The van der Waals surface area contributed by atoms with Gasteiger partial charge in [0.25, 0.3) is 5.56 Å². The summed E-state index contributed by atoms with van der Waals surface area (Å²) in [5, 5.41) is 18.6. The highest BCUT2D eigenvalue weighted by Crippen LogP contribution is 2.35. The lowest BCUT2D eigenvalue weighted by Gasteiger charge is -2.13. The van der Waals surface area contributed by atoms with Crippen LogP contribution < -0.4 is 11.3 Å². The monoisotopic (exact) mass is 424 g/mol. The van der Waals surface area contributed by atoms with Crippen LogP contribution in [0, 0.1) is 28.5 Å². The van der Waals surface area contributed by atoms with Gasteiger partial charge in [-0.3, -0.25) is 4.79 Å². The topological polar surface area (TPSA) is 106 Å². The molecule has 2 rings (SSSR count). The number of H-pyrrole nitrogens is 1. The van der Waals surface area contributed by atoms with Crippen LogP contribution in [0.1, 0.15) is 16.7 Å². The smallest absolute Gasteiger partial charge is 0.268 e. The molecule has 3 N–H and O–H groups in total. The van der Waals surface area contributed by atoms with E-state index in [0.29, 0.717) is 0 Å². The predicted octanol–water partition coefficient (Wildman–Crippen LogP) is 3.16. The van der Waals surface area contributed by atoms with Gasteiger partial charge in [-0.25, -0.2) is 4.39 Å². The number of hydrogen-bond donors (Lipinski definition) is 2. The number of nitrogens with zero attached hydrogens (tertiary/aromatic N) is 2. The molecule has 0 aliphatic heterocycles. The first-order valence-corrected chi connectivity index (χ1v) is 7.76. The van der Waals surface area contributed by atoms with Crippen molar-refractivity contribution in [3.05, 3.63) is 49.5 Å². The zero-order valence-electron chi connectivity index (χ0n) is 10.9. The Hall–Kier alpha value is -2.16. The number of hydrogen-bond acceptors (Lipinski definition) is 4. The van der Waals surface area contributed by atoms with Gasteiger partial charge in [0, 0.05) is 16.5 Å². The summed E-state index contributed by atoms with van der Waals surface area (Å²) in [6.07, 6.45) is 0. The molecule has 0 aliphatic carbocycles. The van der Waals surface area contributed by atoms with Crippen molar-refractivity contribution in [2.45, 2.75) is 5.33 Å². The van der Waals surface area contributed by atoms with Crippen molar-refractivity contribution in [2.24, 2.45) is 0 Å². The number of aromatic nitrogens is 1. The molecule has 2 aromatic rings. The molecule has 0 spiro atoms. The quantitative estimate of drug-likeness (QED) is 0.720. The fourth-order valence-electron chi connectivity index (χ4n) is 2.07. The van der Waals surface area contributed by atoms with Crippen LogP contribution in [-0.4, -0.2) is 4.98 Å². The van der Waals surface area contributed by atoms with E-state index in [0.717, 1.165) is 0 Å². The number of rotatable bonds is 2. The average molecular weight is 426 g/mol. The van der Waals surface area contributed by atoms with Crippen molar-refractivity contribution in [2.75, 3.05) is 5.73 Å². The van der Waals surface area contributed by atoms with Gasteiger partial charge in [-0.15, -0.1) is 0 Å². The molecule has 22 heavy (non-hydrogen) atoms. The lowest BCUT2D eigenvalue weighted by atomic mass is 9.93. The summed E-state index contributed by atoms with van der Waals surface area (Å²) >= 11 is 6.25. The third-order valence-electron chi connectivity index (χ3n) is 3.07. The molecule has 0 unspecified atom stereocenters. The van der Waals surface area contributed by atoms with Gasteiger partial charge >= 0.3 is 0 Å². The number of nitrogens with two attached hydrogens (primary N) is 1. The first kappa shape index (κ1) is 16.2. The Balaban J connectivity index is 3.03. The van der Waals surface area contributed by atoms with Crippen molar-refractivity contribution in [3.63, 3.8) is 0 Å². The number of nitrogen functional groups attached to an aromatic ring is 1. The first-order valence-electron chi connectivity index (χ1n) is 5.85. The highest BCUT2D eigenvalue weighted by Gasteiger charge is 2.22. The Labute approximate surface area is 141 Å². The second-order valence-corrected chi connectivity index (χ2v) is 5.65. The molecule has 0 atom stereocenters. The van der Waals surface area contributed by atoms with E-state index in [1.54, 1.807) is 6.07 Å². The van der Waals surface area contributed by atoms with E-state index < -0.39 is 11.4 Å². The van der Waals surface area contributed by atoms with Crippen LogP contribution in [0.4, 0.5) is 10.2 Å². The second-order valence-electron chi connectivity index (χ2n) is 4.24. The minimum atomic E-state index is -0.724. The molecule has 1 heterocycles. The molecule has 0 fully saturated rings. The average Bonchev–Trinajstić information content (AvgIpc) is 2.49. The van der Waals surface area contributed by atoms with Gasteiger partial charge in [-0.05, 0) is 27.6 Å². The van der Waals surface area contributed by atoms with Gasteiger partial charge < -0.3 is 10.7 Å². The number of alkyl halides is 1. The molecule has 5 nitrogen and oxygen atoms in total. The Morgan fingerprint density at radius 2 is 1.91 bits per heavy atom. The molecule has 0 radical (unpaired) electrons. The molecule has 8 heteroatoms. The van der Waals surface area contributed by atoms with E-state index in [1.165, 1.54) is 12.1 Å². The van der Waals surface area contributed by atoms with E-state index >= 15 is 0 Å². The maximum atomic E-state index is 14.3. The van der Waals surface area contributed by atoms with Gasteiger partial charge in [0.15, 0.2) is 0 Å². The molecule has 1 aromatic heterocycles. The van der Waals surface area contributed by atoms with Crippen molar-refractivity contribution in [1.82, 2.24) is 4.98 Å². The largest absolute Gasteiger partial charge is 0.384 e. The predicted molar refractivity (Wildman–Crippen MR) is 86.6 cm³/mol. The third kappa shape index (κ3) is 2.52. The Kier molecular flexibility index (Phi) is 4.65. The third-order valence-corrected chi connectivity index (χ3v) is 4.24. The van der Waals surface area contributed by atoms with E-state index in [4.69, 9.17) is 5.73 Å². The molecule has 0 aliphatic rings. The molecule has 110 valence electrons. The van der Waals surface area contributed by atoms with E-state index in [1.807, 2.05) is 6.07 Å². The molecule has 0 saturated heterocycles. The zero-order chi connectivity index (χ0) is 16.4. The van der Waals surface area contributed by atoms with Gasteiger partial charge in [0.1, 0.15) is 34.9 Å². The second kappa shape index (κ2) is 6.30. The van der Waals surface area contributed by atoms with Crippen molar-refractivity contribution in [3.8, 4) is 23.3 Å². The molecule has 0 saturated carbocycles. The SMILES string of the molecule is N#Cc1c(N)[nH]c(=O)c(C#N)c1-c1ccc(Br)c(F)c1CBr. The van der Waals surface area contributed by atoms with Crippen molar-refractivity contribution >= 4 is 37.7 Å². The molecular formula is C14H7Br2FN4O. The number of aromatic amines is 1. The number of pyridine rings is 1. The van der Waals surface area contributed by atoms with Crippen LogP contribution in [0.5, 0.6) is 0 Å². The zero-order valence-corrected chi connectivity index (χ0v) is 14.0. The van der Waals surface area contributed by atoms with Crippen LogP contribution in [0.15, 0.2) is 21.4 Å². The summed E-state index contributed by atoms with van der Waals surface area (Å²) in [4.78, 5) is 14.1. The minimum absolute atomic E-state index is 0.0344. The van der Waals surface area contributed by atoms with Crippen LogP contribution >= 0.6 is 31.9 Å². The standard InChI is InChI=1S/C14H7Br2FN4O/c15-3-7-6(1-2-10(16)12(7)17)11-8(4-18)13(20)21-14(22)9(11)5-19/h1-2H,3H2,(H3,20,21,22). The van der Waals surface area contributed by atoms with Gasteiger partial charge in [0.05, 0.1) is 4.47 Å². The summed E-state index contributed by atoms with van der Waals surface area (Å²) in [7, 11) is 0. The Bertz CT molecular complexity index is 909. The lowest BCUT2D eigenvalue weighted by molar-refractivity contribution is 0.611. The summed E-state index contributed by atoms with van der Waals surface area (Å²) in [6, 6.07) is 6.57. The Morgan fingerprint density at radius 3 is 2.45 bits per heavy atom. The van der Waals surface area contributed by atoms with Gasteiger partial charge in [-0.1, -0.05) is 22.0 Å². The number of benzene rings is 1. The highest BCUT2D eigenvalue weighted by molar-refractivity contribution is 9.10. The molecular weight excluding hydrogens is 419 g/mol. The van der Waals surface area contributed by atoms with E-state index in [9.17, 15) is 19.7 Å². The van der Waals surface area contributed by atoms with Gasteiger partial charge in [0.2, 0.25) is 0 Å². The van der Waals surface area contributed by atoms with Gasteiger partial charge in [-0.2, -0.15) is 10.5 Å². The fraction of sp³-hybridized carbons (Fsp3) is 0.0714. The molecule has 1 aromatic carbocycles. The maximum Gasteiger partial charge on any atom is 0.268 e. The normalized spacial score (nSPS) is 10.0. The van der Waals surface area contributed by atoms with Crippen LogP contribution in [0.25, 0.3) is 11.1 Å². The van der Waals surface area contributed by atoms with Crippen LogP contribution in [-0.2, 0) is 5.33 Å². The number of nitrogens with one attached hydrogen (secondary N) is 1. The summed E-state index contributed by atoms with van der Waals surface area (Å²) in [6.45, 7) is 0. The number of halogens is 3. The van der Waals surface area contributed by atoms with E-state index in [-0.39, 0.29) is 43.4 Å². The van der Waals surface area contributed by atoms with Crippen molar-refractivity contribution in [1.29, 1.82) is 10.5 Å². The first-order chi connectivity index (χ1) is 10.5. The van der Waals surface area contributed by atoms with E-state index in [2.05, 4.69) is 36.8 Å². The van der Waals surface area contributed by atoms with Crippen LogP contribution in [0.2, 0.25) is 0 Å². The Morgan fingerprint density at radius 1 is 1.27 bits per heavy atom. The number of anilines is 1. The lowest BCUT2D eigenvalue weighted by Crippen LogP contribution is -2.16. The highest BCUT2D eigenvalue weighted by atomic mass is 79.9. The van der Waals surface area contributed by atoms with Crippen molar-refractivity contribution < 1.29 is 4.39 Å². The van der Waals surface area contributed by atoms with Crippen LogP contribution in [0.3, 0.4) is 0 Å². The molecule has 0 amide bonds. The summed E-state index contributed by atoms with van der Waals surface area (Å²) in [5.74, 6) is -0.702. The maximum absolute atomic E-state index is 14.3. The summed E-state index contributed by atoms with van der Waals surface area (Å²) in [5.41, 5.74) is 5.09. The number of nitriles is 2.